The Balaban J connectivity index is 0.982. The van der Waals surface area contributed by atoms with Crippen molar-refractivity contribution in [3.8, 4) is 77.9 Å². The third-order valence-corrected chi connectivity index (χ3v) is 12.5. The van der Waals surface area contributed by atoms with Crippen LogP contribution in [0.25, 0.3) is 88.7 Å². The molecule has 0 spiro atoms. The second-order valence-corrected chi connectivity index (χ2v) is 16.5. The Bertz CT molecular complexity index is 3280. The van der Waals surface area contributed by atoms with Crippen LogP contribution in [0, 0.1) is 0 Å². The van der Waals surface area contributed by atoms with E-state index in [4.69, 9.17) is 0 Å². The molecule has 0 radical (unpaired) electrons. The maximum absolute atomic E-state index is 2.37. The SMILES string of the molecule is c1ccc(-c2ccc(-c3ccc(N(c4ccc(-c5cc(-c6ccccc6)cc(-c6ccccc6)c5)cc4)c4ccc(-c5ccc6ccccc6c5-c5ccccc5)cc4)cc3)cc2)cc1. The third-order valence-electron chi connectivity index (χ3n) is 12.5. The lowest BCUT2D eigenvalue weighted by Crippen LogP contribution is -2.09. The van der Waals surface area contributed by atoms with Crippen molar-refractivity contribution in [2.45, 2.75) is 0 Å². The van der Waals surface area contributed by atoms with Crippen LogP contribution in [0.5, 0.6) is 0 Å². The van der Waals surface area contributed by atoms with Gasteiger partial charge in [0.1, 0.15) is 0 Å². The van der Waals surface area contributed by atoms with Crippen molar-refractivity contribution < 1.29 is 0 Å². The van der Waals surface area contributed by atoms with Gasteiger partial charge >= 0.3 is 0 Å². The molecule has 0 atom stereocenters. The second-order valence-electron chi connectivity index (χ2n) is 16.5. The van der Waals surface area contributed by atoms with Crippen molar-refractivity contribution in [1.29, 1.82) is 0 Å². The zero-order chi connectivity index (χ0) is 43.4. The Morgan fingerprint density at radius 3 is 0.938 bits per heavy atom. The second kappa shape index (κ2) is 17.7. The lowest BCUT2D eigenvalue weighted by molar-refractivity contribution is 1.28. The van der Waals surface area contributed by atoms with Crippen LogP contribution in [-0.2, 0) is 0 Å². The highest BCUT2D eigenvalue weighted by Gasteiger charge is 2.17. The molecule has 65 heavy (non-hydrogen) atoms. The molecule has 0 saturated heterocycles. The van der Waals surface area contributed by atoms with E-state index in [2.05, 4.69) is 278 Å². The average molecular weight is 828 g/mol. The van der Waals surface area contributed by atoms with E-state index < -0.39 is 0 Å². The fraction of sp³-hybridized carbons (Fsp3) is 0. The normalized spacial score (nSPS) is 11.1. The summed E-state index contributed by atoms with van der Waals surface area (Å²) in [7, 11) is 0. The molecule has 11 rings (SSSR count). The molecule has 0 aliphatic heterocycles. The van der Waals surface area contributed by atoms with E-state index in [0.29, 0.717) is 0 Å². The van der Waals surface area contributed by atoms with E-state index in [0.717, 1.165) is 22.6 Å². The topological polar surface area (TPSA) is 3.24 Å². The van der Waals surface area contributed by atoms with Crippen molar-refractivity contribution >= 4 is 27.8 Å². The number of hydrogen-bond donors (Lipinski definition) is 0. The molecular formula is C64H45N. The van der Waals surface area contributed by atoms with Crippen LogP contribution in [0.3, 0.4) is 0 Å². The molecule has 0 amide bonds. The van der Waals surface area contributed by atoms with Crippen molar-refractivity contribution in [2.75, 3.05) is 4.90 Å². The van der Waals surface area contributed by atoms with Crippen LogP contribution in [-0.4, -0.2) is 0 Å². The van der Waals surface area contributed by atoms with E-state index in [1.807, 2.05) is 0 Å². The molecule has 0 aromatic heterocycles. The molecule has 0 bridgehead atoms. The minimum atomic E-state index is 1.08. The van der Waals surface area contributed by atoms with Crippen molar-refractivity contribution in [2.24, 2.45) is 0 Å². The first-order valence-corrected chi connectivity index (χ1v) is 22.3. The molecular weight excluding hydrogens is 783 g/mol. The van der Waals surface area contributed by atoms with Gasteiger partial charge in [-0.25, -0.2) is 0 Å². The Kier molecular flexibility index (Phi) is 10.7. The molecule has 0 heterocycles. The Labute approximate surface area is 381 Å². The lowest BCUT2D eigenvalue weighted by atomic mass is 9.90. The summed E-state index contributed by atoms with van der Waals surface area (Å²) < 4.78 is 0. The zero-order valence-electron chi connectivity index (χ0n) is 35.9. The summed E-state index contributed by atoms with van der Waals surface area (Å²) in [5.74, 6) is 0. The summed E-state index contributed by atoms with van der Waals surface area (Å²) in [6.45, 7) is 0. The number of anilines is 3. The summed E-state index contributed by atoms with van der Waals surface area (Å²) in [5, 5.41) is 2.49. The predicted molar refractivity (Wildman–Crippen MR) is 277 cm³/mol. The van der Waals surface area contributed by atoms with E-state index in [1.54, 1.807) is 0 Å². The summed E-state index contributed by atoms with van der Waals surface area (Å²) >= 11 is 0. The highest BCUT2D eigenvalue weighted by molar-refractivity contribution is 6.04. The number of fused-ring (bicyclic) bond motifs is 1. The lowest BCUT2D eigenvalue weighted by Gasteiger charge is -2.26. The molecule has 0 unspecified atom stereocenters. The first kappa shape index (κ1) is 39.3. The van der Waals surface area contributed by atoms with Gasteiger partial charge in [0.05, 0.1) is 0 Å². The van der Waals surface area contributed by atoms with Crippen LogP contribution in [0.2, 0.25) is 0 Å². The summed E-state index contributed by atoms with van der Waals surface area (Å²) in [6, 6.07) is 98.8. The van der Waals surface area contributed by atoms with Gasteiger partial charge in [-0.2, -0.15) is 0 Å². The van der Waals surface area contributed by atoms with Gasteiger partial charge in [-0.05, 0) is 143 Å². The van der Waals surface area contributed by atoms with Crippen LogP contribution in [0.1, 0.15) is 0 Å². The van der Waals surface area contributed by atoms with Crippen LogP contribution in [0.4, 0.5) is 17.1 Å². The molecule has 0 saturated carbocycles. The molecule has 0 aliphatic carbocycles. The Hall–Kier alpha value is -8.52. The summed E-state index contributed by atoms with van der Waals surface area (Å²) in [6.07, 6.45) is 0. The highest BCUT2D eigenvalue weighted by Crippen LogP contribution is 2.42. The fourth-order valence-corrected chi connectivity index (χ4v) is 9.15. The maximum atomic E-state index is 2.37. The monoisotopic (exact) mass is 827 g/mol. The molecule has 11 aromatic carbocycles. The van der Waals surface area contributed by atoms with Crippen molar-refractivity contribution in [3.63, 3.8) is 0 Å². The average Bonchev–Trinajstić information content (AvgIpc) is 3.40. The standard InChI is InChI=1S/C64H45N/c1-5-15-46(16-6-1)49-25-27-50(28-26-49)51-29-36-59(37-30-51)65(61-40-33-54(34-41-61)63-42-35-53-21-13-14-24-62(53)64(63)55-22-11-4-12-23-55)60-38-31-52(32-39-60)58-44-56(47-17-7-2-8-18-47)43-57(45-58)48-19-9-3-10-20-48/h1-45H. The Morgan fingerprint density at radius 1 is 0.200 bits per heavy atom. The van der Waals surface area contributed by atoms with E-state index in [1.165, 1.54) is 83.1 Å². The van der Waals surface area contributed by atoms with Gasteiger partial charge in [-0.3, -0.25) is 0 Å². The quantitative estimate of drug-likeness (QED) is 0.133. The van der Waals surface area contributed by atoms with Crippen LogP contribution in [0.15, 0.2) is 273 Å². The zero-order valence-corrected chi connectivity index (χ0v) is 35.9. The summed E-state index contributed by atoms with van der Waals surface area (Å²) in [5.41, 5.74) is 20.1. The van der Waals surface area contributed by atoms with Crippen LogP contribution >= 0.6 is 0 Å². The predicted octanol–water partition coefficient (Wildman–Crippen LogP) is 18.0. The Morgan fingerprint density at radius 2 is 0.508 bits per heavy atom. The van der Waals surface area contributed by atoms with E-state index in [-0.39, 0.29) is 0 Å². The van der Waals surface area contributed by atoms with Crippen molar-refractivity contribution in [1.82, 2.24) is 0 Å². The molecule has 1 nitrogen and oxygen atoms in total. The minimum Gasteiger partial charge on any atom is -0.311 e. The largest absolute Gasteiger partial charge is 0.311 e. The van der Waals surface area contributed by atoms with Gasteiger partial charge in [0.15, 0.2) is 0 Å². The van der Waals surface area contributed by atoms with Crippen molar-refractivity contribution in [3.05, 3.63) is 273 Å². The molecule has 1 heteroatoms. The minimum absolute atomic E-state index is 1.08. The smallest absolute Gasteiger partial charge is 0.0462 e. The van der Waals surface area contributed by atoms with Gasteiger partial charge in [-0.1, -0.05) is 218 Å². The number of hydrogen-bond acceptors (Lipinski definition) is 1. The molecule has 306 valence electrons. The molecule has 0 fully saturated rings. The van der Waals surface area contributed by atoms with Gasteiger partial charge in [0.2, 0.25) is 0 Å². The number of rotatable bonds is 10. The van der Waals surface area contributed by atoms with E-state index in [9.17, 15) is 0 Å². The number of nitrogens with zero attached hydrogens (tertiary/aromatic N) is 1. The third kappa shape index (κ3) is 8.16. The van der Waals surface area contributed by atoms with Gasteiger partial charge in [0, 0.05) is 17.1 Å². The van der Waals surface area contributed by atoms with Gasteiger partial charge in [-0.15, -0.1) is 0 Å². The van der Waals surface area contributed by atoms with Gasteiger partial charge in [0.25, 0.3) is 0 Å². The molecule has 11 aromatic rings. The first-order chi connectivity index (χ1) is 32.2. The van der Waals surface area contributed by atoms with Gasteiger partial charge < -0.3 is 4.90 Å². The fourth-order valence-electron chi connectivity index (χ4n) is 9.15. The first-order valence-electron chi connectivity index (χ1n) is 22.3. The highest BCUT2D eigenvalue weighted by atomic mass is 15.1. The van der Waals surface area contributed by atoms with E-state index >= 15 is 0 Å². The maximum Gasteiger partial charge on any atom is 0.0462 e. The molecule has 0 N–H and O–H groups in total. The van der Waals surface area contributed by atoms with Crippen LogP contribution < -0.4 is 4.90 Å². The molecule has 0 aliphatic rings. The number of benzene rings is 11. The summed E-state index contributed by atoms with van der Waals surface area (Å²) in [4.78, 5) is 2.37.